The Hall–Kier alpha value is -2.63. The van der Waals surface area contributed by atoms with Gasteiger partial charge in [-0.2, -0.15) is 13.2 Å². The lowest BCUT2D eigenvalue weighted by atomic mass is 9.97. The fourth-order valence-corrected chi connectivity index (χ4v) is 3.16. The molecule has 3 N–H and O–H groups in total. The van der Waals surface area contributed by atoms with Crippen LogP contribution in [-0.4, -0.2) is 71.8 Å². The molecule has 4 atom stereocenters. The second-order valence-electron chi connectivity index (χ2n) is 6.97. The van der Waals surface area contributed by atoms with Crippen molar-refractivity contribution in [1.29, 1.82) is 0 Å². The molecule has 0 aliphatic carbocycles. The molecule has 3 rings (SSSR count). The van der Waals surface area contributed by atoms with E-state index in [1.54, 1.807) is 20.2 Å². The molecule has 1 aromatic heterocycles. The van der Waals surface area contributed by atoms with Crippen molar-refractivity contribution >= 4 is 11.5 Å². The van der Waals surface area contributed by atoms with E-state index < -0.39 is 36.2 Å². The van der Waals surface area contributed by atoms with Gasteiger partial charge in [0.1, 0.15) is 29.9 Å². The van der Waals surface area contributed by atoms with Crippen LogP contribution in [0.15, 0.2) is 36.7 Å². The molecular weight excluding hydrogens is 405 g/mol. The Morgan fingerprint density at radius 2 is 2.03 bits per heavy atom. The summed E-state index contributed by atoms with van der Waals surface area (Å²) in [6.07, 6.45) is -6.17. The van der Waals surface area contributed by atoms with Crippen molar-refractivity contribution in [2.45, 2.75) is 30.5 Å². The van der Waals surface area contributed by atoms with Crippen molar-refractivity contribution in [3.05, 3.63) is 42.4 Å². The number of ether oxygens (including phenoxy) is 2. The smallest absolute Gasteiger partial charge is 0.434 e. The minimum atomic E-state index is -4.64. The summed E-state index contributed by atoms with van der Waals surface area (Å²) in [5, 5.41) is 23.6. The highest BCUT2D eigenvalue weighted by Crippen LogP contribution is 2.28. The average molecular weight is 428 g/mol. The summed E-state index contributed by atoms with van der Waals surface area (Å²) in [4.78, 5) is 8.81. The first kappa shape index (κ1) is 22.1. The van der Waals surface area contributed by atoms with Crippen LogP contribution in [0.1, 0.15) is 5.69 Å². The number of anilines is 2. The van der Waals surface area contributed by atoms with Gasteiger partial charge in [-0.25, -0.2) is 4.98 Å². The zero-order chi connectivity index (χ0) is 21.9. The summed E-state index contributed by atoms with van der Waals surface area (Å²) in [6.45, 7) is 0.244. The van der Waals surface area contributed by atoms with Gasteiger partial charge in [0.25, 0.3) is 0 Å². The number of methoxy groups -OCH3 is 1. The van der Waals surface area contributed by atoms with Gasteiger partial charge in [-0.1, -0.05) is 6.07 Å². The number of aliphatic hydroxyl groups is 2. The van der Waals surface area contributed by atoms with Gasteiger partial charge in [0.15, 0.2) is 5.69 Å². The molecular formula is C19H23F3N4O4. The second-order valence-corrected chi connectivity index (χ2v) is 6.97. The zero-order valence-corrected chi connectivity index (χ0v) is 16.4. The van der Waals surface area contributed by atoms with Gasteiger partial charge in [0.2, 0.25) is 0 Å². The molecule has 1 aromatic carbocycles. The normalized spacial score (nSPS) is 24.4. The van der Waals surface area contributed by atoms with E-state index in [4.69, 9.17) is 9.47 Å². The van der Waals surface area contributed by atoms with Gasteiger partial charge in [-0.05, 0) is 12.1 Å². The Balaban J connectivity index is 1.62. The SMILES string of the molecule is COc1cccc(N(C)C[C@H]2OC[C@H](Nc3cncc(C(F)(F)F)n3)[C@@H](O)[C@H]2O)c1. The molecule has 1 aliphatic rings. The van der Waals surface area contributed by atoms with Crippen LogP contribution in [0, 0.1) is 0 Å². The summed E-state index contributed by atoms with van der Waals surface area (Å²) in [5.41, 5.74) is -0.323. The van der Waals surface area contributed by atoms with Gasteiger partial charge in [0.05, 0.1) is 32.2 Å². The maximum absolute atomic E-state index is 12.8. The van der Waals surface area contributed by atoms with Crippen LogP contribution in [0.25, 0.3) is 0 Å². The summed E-state index contributed by atoms with van der Waals surface area (Å²) in [5.74, 6) is 0.507. The monoisotopic (exact) mass is 428 g/mol. The third-order valence-electron chi connectivity index (χ3n) is 4.84. The summed E-state index contributed by atoms with van der Waals surface area (Å²) < 4.78 is 49.2. The maximum atomic E-state index is 12.8. The summed E-state index contributed by atoms with van der Waals surface area (Å²) in [6, 6.07) is 6.47. The highest BCUT2D eigenvalue weighted by molar-refractivity contribution is 5.50. The summed E-state index contributed by atoms with van der Waals surface area (Å²) in [7, 11) is 3.37. The predicted octanol–water partition coefficient (Wildman–Crippen LogP) is 1.54. The predicted molar refractivity (Wildman–Crippen MR) is 102 cm³/mol. The molecule has 1 aliphatic heterocycles. The molecule has 8 nitrogen and oxygen atoms in total. The number of halogens is 3. The Bertz CT molecular complexity index is 855. The topological polar surface area (TPSA) is 100.0 Å². The van der Waals surface area contributed by atoms with Crippen LogP contribution in [0.2, 0.25) is 0 Å². The highest BCUT2D eigenvalue weighted by Gasteiger charge is 2.39. The van der Waals surface area contributed by atoms with Crippen molar-refractivity contribution in [2.75, 3.05) is 37.5 Å². The average Bonchev–Trinajstić information content (AvgIpc) is 2.73. The Morgan fingerprint density at radius 1 is 1.27 bits per heavy atom. The van der Waals surface area contributed by atoms with Crippen molar-refractivity contribution in [3.63, 3.8) is 0 Å². The third-order valence-corrected chi connectivity index (χ3v) is 4.84. The van der Waals surface area contributed by atoms with Gasteiger partial charge in [0, 0.05) is 25.3 Å². The first-order chi connectivity index (χ1) is 14.2. The van der Waals surface area contributed by atoms with E-state index in [1.807, 2.05) is 23.1 Å². The molecule has 1 fully saturated rings. The van der Waals surface area contributed by atoms with Gasteiger partial charge >= 0.3 is 6.18 Å². The van der Waals surface area contributed by atoms with Crippen LogP contribution in [0.5, 0.6) is 5.75 Å². The molecule has 2 aromatic rings. The van der Waals surface area contributed by atoms with E-state index in [2.05, 4.69) is 15.3 Å². The molecule has 0 spiro atoms. The Kier molecular flexibility index (Phi) is 6.64. The highest BCUT2D eigenvalue weighted by atomic mass is 19.4. The van der Waals surface area contributed by atoms with Crippen molar-refractivity contribution in [2.24, 2.45) is 0 Å². The minimum absolute atomic E-state index is 0.0350. The largest absolute Gasteiger partial charge is 0.497 e. The number of aliphatic hydroxyl groups excluding tert-OH is 2. The van der Waals surface area contributed by atoms with Crippen LogP contribution >= 0.6 is 0 Å². The lowest BCUT2D eigenvalue weighted by Gasteiger charge is -2.39. The number of likely N-dealkylation sites (N-methyl/N-ethyl adjacent to an activating group) is 1. The number of nitrogens with zero attached hydrogens (tertiary/aromatic N) is 3. The Morgan fingerprint density at radius 3 is 2.73 bits per heavy atom. The van der Waals surface area contributed by atoms with E-state index in [0.717, 1.165) is 11.9 Å². The molecule has 2 heterocycles. The van der Waals surface area contributed by atoms with Gasteiger partial charge in [-0.3, -0.25) is 4.98 Å². The standard InChI is InChI=1S/C19H23F3N4O4/c1-26(11-4-3-5-12(6-11)29-2)9-14-18(28)17(27)13(10-30-14)24-16-8-23-7-15(25-16)19(20,21)22/h3-8,13-14,17-18,27-28H,9-10H2,1-2H3,(H,24,25)/t13-,14+,17+,18-/m0/s1. The fourth-order valence-electron chi connectivity index (χ4n) is 3.16. The van der Waals surface area contributed by atoms with E-state index in [-0.39, 0.29) is 19.0 Å². The number of benzene rings is 1. The van der Waals surface area contributed by atoms with Crippen molar-refractivity contribution < 1.29 is 32.9 Å². The molecule has 164 valence electrons. The molecule has 0 saturated carbocycles. The molecule has 0 unspecified atom stereocenters. The quantitative estimate of drug-likeness (QED) is 0.637. The molecule has 0 bridgehead atoms. The Labute approximate surface area is 171 Å². The first-order valence-electron chi connectivity index (χ1n) is 9.17. The van der Waals surface area contributed by atoms with Crippen molar-refractivity contribution in [1.82, 2.24) is 9.97 Å². The summed E-state index contributed by atoms with van der Waals surface area (Å²) >= 11 is 0. The molecule has 0 amide bonds. The van der Waals surface area contributed by atoms with Gasteiger partial charge in [-0.15, -0.1) is 0 Å². The minimum Gasteiger partial charge on any atom is -0.497 e. The van der Waals surface area contributed by atoms with E-state index in [9.17, 15) is 23.4 Å². The number of hydrogen-bond acceptors (Lipinski definition) is 8. The first-order valence-corrected chi connectivity index (χ1v) is 9.17. The van der Waals surface area contributed by atoms with E-state index >= 15 is 0 Å². The van der Waals surface area contributed by atoms with Crippen LogP contribution in [0.3, 0.4) is 0 Å². The number of hydrogen-bond donors (Lipinski definition) is 3. The van der Waals surface area contributed by atoms with Crippen LogP contribution < -0.4 is 15.0 Å². The molecule has 1 saturated heterocycles. The van der Waals surface area contributed by atoms with Crippen LogP contribution in [0.4, 0.5) is 24.7 Å². The lowest BCUT2D eigenvalue weighted by Crippen LogP contribution is -2.58. The van der Waals surface area contributed by atoms with Crippen molar-refractivity contribution in [3.8, 4) is 5.75 Å². The molecule has 11 heteroatoms. The molecule has 0 radical (unpaired) electrons. The maximum Gasteiger partial charge on any atom is 0.434 e. The lowest BCUT2D eigenvalue weighted by molar-refractivity contribution is -0.141. The van der Waals surface area contributed by atoms with E-state index in [0.29, 0.717) is 11.9 Å². The second kappa shape index (κ2) is 9.02. The number of rotatable bonds is 6. The number of aromatic nitrogens is 2. The molecule has 30 heavy (non-hydrogen) atoms. The van der Waals surface area contributed by atoms with Crippen LogP contribution in [-0.2, 0) is 10.9 Å². The zero-order valence-electron chi connectivity index (χ0n) is 16.4. The van der Waals surface area contributed by atoms with Gasteiger partial charge < -0.3 is 29.9 Å². The number of alkyl halides is 3. The fraction of sp³-hybridized carbons (Fsp3) is 0.474. The third kappa shape index (κ3) is 5.10. The number of nitrogens with one attached hydrogen (secondary N) is 1. The van der Waals surface area contributed by atoms with E-state index in [1.165, 1.54) is 0 Å².